The molecule has 1 aromatic heterocycles. The first-order valence-electron chi connectivity index (χ1n) is 10.2. The number of oxazole rings is 1. The average molecular weight is 435 g/mol. The van der Waals surface area contributed by atoms with Crippen LogP contribution in [0.25, 0.3) is 22.6 Å². The fourth-order valence-electron chi connectivity index (χ4n) is 3.21. The fraction of sp³-hybridized carbons (Fsp3) is 0.200. The van der Waals surface area contributed by atoms with Crippen LogP contribution in [-0.2, 0) is 4.79 Å². The molecule has 1 atom stereocenters. The number of rotatable bonds is 7. The summed E-state index contributed by atoms with van der Waals surface area (Å²) in [4.78, 5) is 16.8. The van der Waals surface area contributed by atoms with Crippen molar-refractivity contribution in [3.8, 4) is 17.2 Å². The van der Waals surface area contributed by atoms with E-state index in [1.54, 1.807) is 24.3 Å². The molecule has 1 N–H and O–H groups in total. The first-order chi connectivity index (χ1) is 15.0. The number of nitrogens with one attached hydrogen (secondary N) is 1. The molecular weight excluding hydrogens is 412 g/mol. The van der Waals surface area contributed by atoms with Crippen molar-refractivity contribution in [2.24, 2.45) is 0 Å². The van der Waals surface area contributed by atoms with Crippen molar-refractivity contribution in [1.29, 1.82) is 0 Å². The summed E-state index contributed by atoms with van der Waals surface area (Å²) in [6.07, 6.45) is 1.08. The highest BCUT2D eigenvalue weighted by atomic mass is 35.5. The van der Waals surface area contributed by atoms with E-state index >= 15 is 0 Å². The number of nitrogens with zero attached hydrogens (tertiary/aromatic N) is 1. The van der Waals surface area contributed by atoms with Crippen molar-refractivity contribution < 1.29 is 13.9 Å². The van der Waals surface area contributed by atoms with E-state index in [1.165, 1.54) is 5.56 Å². The van der Waals surface area contributed by atoms with Crippen LogP contribution in [0, 0.1) is 0 Å². The molecule has 0 fully saturated rings. The lowest BCUT2D eigenvalue weighted by atomic mass is 9.98. The summed E-state index contributed by atoms with van der Waals surface area (Å²) >= 11 is 6.03. The first kappa shape index (κ1) is 20.9. The Labute approximate surface area is 186 Å². The Balaban J connectivity index is 1.42. The number of anilines is 1. The van der Waals surface area contributed by atoms with Crippen LogP contribution in [0.4, 0.5) is 5.69 Å². The van der Waals surface area contributed by atoms with E-state index in [2.05, 4.69) is 36.3 Å². The number of aromatic nitrogens is 1. The van der Waals surface area contributed by atoms with E-state index in [-0.39, 0.29) is 12.5 Å². The largest absolute Gasteiger partial charge is 0.482 e. The third kappa shape index (κ3) is 4.89. The molecule has 3 aromatic carbocycles. The maximum absolute atomic E-state index is 12.2. The van der Waals surface area contributed by atoms with Crippen molar-refractivity contribution in [1.82, 2.24) is 4.98 Å². The molecule has 0 aliphatic rings. The molecule has 0 spiro atoms. The van der Waals surface area contributed by atoms with Crippen LogP contribution in [0.1, 0.15) is 31.7 Å². The predicted molar refractivity (Wildman–Crippen MR) is 124 cm³/mol. The van der Waals surface area contributed by atoms with Gasteiger partial charge in [-0.1, -0.05) is 43.6 Å². The van der Waals surface area contributed by atoms with Crippen LogP contribution < -0.4 is 10.1 Å². The molecule has 5 nitrogen and oxygen atoms in total. The monoisotopic (exact) mass is 434 g/mol. The van der Waals surface area contributed by atoms with Crippen molar-refractivity contribution in [2.75, 3.05) is 11.9 Å². The van der Waals surface area contributed by atoms with Gasteiger partial charge in [0.25, 0.3) is 5.91 Å². The number of carbonyl (C=O) groups excluding carboxylic acids is 1. The molecule has 4 aromatic rings. The number of para-hydroxylation sites is 1. The van der Waals surface area contributed by atoms with Gasteiger partial charge in [-0.3, -0.25) is 4.79 Å². The van der Waals surface area contributed by atoms with E-state index in [1.807, 2.05) is 30.3 Å². The second kappa shape index (κ2) is 9.23. The topological polar surface area (TPSA) is 64.4 Å². The molecule has 0 aliphatic carbocycles. The molecule has 0 aliphatic heterocycles. The standard InChI is InChI=1S/C25H23ClN2O3/c1-3-16(2)18-10-13-23-21(14-18)28-25(31-23)17-8-11-19(12-9-17)27-24(29)15-30-22-7-5-4-6-20(22)26/h4-14,16H,3,15H2,1-2H3,(H,27,29)/t16-/m0/s1. The summed E-state index contributed by atoms with van der Waals surface area (Å²) in [6.45, 7) is 4.25. The molecule has 1 heterocycles. The average Bonchev–Trinajstić information content (AvgIpc) is 3.22. The maximum Gasteiger partial charge on any atom is 0.262 e. The lowest BCUT2D eigenvalue weighted by Crippen LogP contribution is -2.20. The minimum absolute atomic E-state index is 0.130. The highest BCUT2D eigenvalue weighted by Crippen LogP contribution is 2.28. The zero-order valence-electron chi connectivity index (χ0n) is 17.4. The van der Waals surface area contributed by atoms with Crippen LogP contribution >= 0.6 is 11.6 Å². The van der Waals surface area contributed by atoms with Crippen molar-refractivity contribution in [3.63, 3.8) is 0 Å². The number of amides is 1. The third-order valence-corrected chi connectivity index (χ3v) is 5.52. The SMILES string of the molecule is CC[C@H](C)c1ccc2oc(-c3ccc(NC(=O)COc4ccccc4Cl)cc3)nc2c1. The number of hydrogen-bond acceptors (Lipinski definition) is 4. The fourth-order valence-corrected chi connectivity index (χ4v) is 3.40. The van der Waals surface area contributed by atoms with Gasteiger partial charge in [-0.15, -0.1) is 0 Å². The molecule has 0 saturated carbocycles. The highest BCUT2D eigenvalue weighted by molar-refractivity contribution is 6.32. The quantitative estimate of drug-likeness (QED) is 0.352. The Morgan fingerprint density at radius 1 is 1.13 bits per heavy atom. The van der Waals surface area contributed by atoms with Gasteiger partial charge in [0, 0.05) is 11.3 Å². The Kier molecular flexibility index (Phi) is 6.23. The van der Waals surface area contributed by atoms with Gasteiger partial charge >= 0.3 is 0 Å². The molecule has 31 heavy (non-hydrogen) atoms. The van der Waals surface area contributed by atoms with Crippen LogP contribution in [-0.4, -0.2) is 17.5 Å². The van der Waals surface area contributed by atoms with Crippen LogP contribution in [0.3, 0.4) is 0 Å². The van der Waals surface area contributed by atoms with E-state index in [9.17, 15) is 4.79 Å². The minimum Gasteiger partial charge on any atom is -0.482 e. The summed E-state index contributed by atoms with van der Waals surface area (Å²) in [5, 5.41) is 3.27. The first-order valence-corrected chi connectivity index (χ1v) is 10.6. The van der Waals surface area contributed by atoms with Gasteiger partial charge in [-0.25, -0.2) is 4.98 Å². The van der Waals surface area contributed by atoms with Gasteiger partial charge in [-0.05, 0) is 66.4 Å². The Morgan fingerprint density at radius 2 is 1.90 bits per heavy atom. The molecule has 1 amide bonds. The third-order valence-electron chi connectivity index (χ3n) is 5.20. The van der Waals surface area contributed by atoms with Crippen molar-refractivity contribution >= 4 is 34.3 Å². The smallest absolute Gasteiger partial charge is 0.262 e. The molecule has 0 bridgehead atoms. The van der Waals surface area contributed by atoms with E-state index in [0.29, 0.717) is 28.3 Å². The molecular formula is C25H23ClN2O3. The van der Waals surface area contributed by atoms with E-state index in [0.717, 1.165) is 23.1 Å². The number of benzene rings is 3. The van der Waals surface area contributed by atoms with E-state index < -0.39 is 0 Å². The summed E-state index contributed by atoms with van der Waals surface area (Å²) in [6, 6.07) is 20.5. The number of ether oxygens (including phenoxy) is 1. The maximum atomic E-state index is 12.2. The number of halogens is 1. The zero-order valence-corrected chi connectivity index (χ0v) is 18.1. The number of carbonyl (C=O) groups is 1. The van der Waals surface area contributed by atoms with Gasteiger partial charge in [0.05, 0.1) is 5.02 Å². The molecule has 0 radical (unpaired) electrons. The number of hydrogen-bond donors (Lipinski definition) is 1. The predicted octanol–water partition coefficient (Wildman–Crippen LogP) is 6.68. The van der Waals surface area contributed by atoms with Gasteiger partial charge < -0.3 is 14.5 Å². The normalized spacial score (nSPS) is 12.0. The summed E-state index contributed by atoms with van der Waals surface area (Å²) in [5.41, 5.74) is 4.36. The molecule has 158 valence electrons. The second-order valence-electron chi connectivity index (χ2n) is 7.40. The van der Waals surface area contributed by atoms with Crippen LogP contribution in [0.15, 0.2) is 71.1 Å². The van der Waals surface area contributed by atoms with Gasteiger partial charge in [0.2, 0.25) is 5.89 Å². The van der Waals surface area contributed by atoms with Gasteiger partial charge in [0.1, 0.15) is 11.3 Å². The Bertz CT molecular complexity index is 1200. The molecule has 4 rings (SSSR count). The van der Waals surface area contributed by atoms with Crippen molar-refractivity contribution in [3.05, 3.63) is 77.3 Å². The summed E-state index contributed by atoms with van der Waals surface area (Å²) in [5.74, 6) is 1.24. The summed E-state index contributed by atoms with van der Waals surface area (Å²) < 4.78 is 11.4. The number of fused-ring (bicyclic) bond motifs is 1. The highest BCUT2D eigenvalue weighted by Gasteiger charge is 2.12. The molecule has 6 heteroatoms. The van der Waals surface area contributed by atoms with Crippen LogP contribution in [0.5, 0.6) is 5.75 Å². The van der Waals surface area contributed by atoms with Gasteiger partial charge in [0.15, 0.2) is 12.2 Å². The Hall–Kier alpha value is -3.31. The zero-order chi connectivity index (χ0) is 21.8. The minimum atomic E-state index is -0.271. The lowest BCUT2D eigenvalue weighted by molar-refractivity contribution is -0.118. The van der Waals surface area contributed by atoms with Crippen LogP contribution in [0.2, 0.25) is 5.02 Å². The second-order valence-corrected chi connectivity index (χ2v) is 7.81. The van der Waals surface area contributed by atoms with Crippen molar-refractivity contribution in [2.45, 2.75) is 26.2 Å². The van der Waals surface area contributed by atoms with E-state index in [4.69, 9.17) is 20.8 Å². The summed E-state index contributed by atoms with van der Waals surface area (Å²) in [7, 11) is 0. The molecule has 0 saturated heterocycles. The van der Waals surface area contributed by atoms with Gasteiger partial charge in [-0.2, -0.15) is 0 Å². The lowest BCUT2D eigenvalue weighted by Gasteiger charge is -2.08. The Morgan fingerprint density at radius 3 is 2.65 bits per heavy atom. The molecule has 0 unspecified atom stereocenters.